The van der Waals surface area contributed by atoms with Gasteiger partial charge in [-0.1, -0.05) is 6.07 Å². The number of carbonyl (C=O) groups excluding carboxylic acids is 1. The van der Waals surface area contributed by atoms with Crippen molar-refractivity contribution >= 4 is 17.2 Å². The summed E-state index contributed by atoms with van der Waals surface area (Å²) in [7, 11) is 0. The van der Waals surface area contributed by atoms with Crippen molar-refractivity contribution in [3.63, 3.8) is 0 Å². The van der Waals surface area contributed by atoms with E-state index in [1.807, 2.05) is 17.5 Å². The number of hydrogen-bond donors (Lipinski definition) is 3. The van der Waals surface area contributed by atoms with E-state index in [4.69, 9.17) is 0 Å². The van der Waals surface area contributed by atoms with Crippen molar-refractivity contribution in [1.29, 1.82) is 0 Å². The van der Waals surface area contributed by atoms with Crippen LogP contribution in [0.4, 0.5) is 0 Å². The average Bonchev–Trinajstić information content (AvgIpc) is 2.96. The third kappa shape index (κ3) is 2.91. The molecule has 1 aliphatic carbocycles. The summed E-state index contributed by atoms with van der Waals surface area (Å²) in [5.41, 5.74) is -1.05. The van der Waals surface area contributed by atoms with Crippen molar-refractivity contribution in [2.45, 2.75) is 37.9 Å². The molecule has 18 heavy (non-hydrogen) atoms. The molecule has 1 heterocycles. The number of aliphatic hydroxyl groups excluding tert-OH is 1. The number of thiophene rings is 1. The summed E-state index contributed by atoms with van der Waals surface area (Å²) < 4.78 is 0. The zero-order chi connectivity index (χ0) is 13.2. The minimum atomic E-state index is -1.05. The largest absolute Gasteiger partial charge is 0.392 e. The van der Waals surface area contributed by atoms with Crippen LogP contribution < -0.4 is 5.32 Å². The summed E-state index contributed by atoms with van der Waals surface area (Å²) in [5, 5.41) is 24.6. The van der Waals surface area contributed by atoms with Crippen LogP contribution in [0.25, 0.3) is 0 Å². The zero-order valence-electron chi connectivity index (χ0n) is 10.4. The van der Waals surface area contributed by atoms with Crippen molar-refractivity contribution in [1.82, 2.24) is 5.32 Å². The molecule has 3 atom stereocenters. The van der Waals surface area contributed by atoms with Gasteiger partial charge in [-0.2, -0.15) is 0 Å². The topological polar surface area (TPSA) is 69.6 Å². The molecule has 5 heteroatoms. The summed E-state index contributed by atoms with van der Waals surface area (Å²) in [6.07, 6.45) is 1.78. The van der Waals surface area contributed by atoms with Crippen LogP contribution in [0.5, 0.6) is 0 Å². The van der Waals surface area contributed by atoms with E-state index in [1.165, 1.54) is 11.3 Å². The Morgan fingerprint density at radius 3 is 2.94 bits per heavy atom. The molecule has 3 N–H and O–H groups in total. The fraction of sp³-hybridized carbons (Fsp3) is 0.615. The molecule has 2 rings (SSSR count). The number of hydrogen-bond acceptors (Lipinski definition) is 4. The average molecular weight is 269 g/mol. The van der Waals surface area contributed by atoms with Crippen LogP contribution >= 0.6 is 11.3 Å². The van der Waals surface area contributed by atoms with Crippen LogP contribution in [0, 0.1) is 5.92 Å². The van der Waals surface area contributed by atoms with Gasteiger partial charge in [0.2, 0.25) is 5.91 Å². The molecule has 0 aromatic carbocycles. The number of carbonyl (C=O) groups is 1. The molecule has 1 aromatic rings. The lowest BCUT2D eigenvalue weighted by Crippen LogP contribution is -2.42. The molecule has 1 aliphatic rings. The van der Waals surface area contributed by atoms with E-state index in [-0.39, 0.29) is 18.4 Å². The summed E-state index contributed by atoms with van der Waals surface area (Å²) >= 11 is 1.46. The van der Waals surface area contributed by atoms with Gasteiger partial charge in [-0.25, -0.2) is 0 Å². The fourth-order valence-electron chi connectivity index (χ4n) is 2.31. The van der Waals surface area contributed by atoms with Crippen LogP contribution in [0.15, 0.2) is 17.5 Å². The predicted octanol–water partition coefficient (Wildman–Crippen LogP) is 1.23. The molecule has 1 aromatic heterocycles. The first-order valence-corrected chi connectivity index (χ1v) is 7.11. The molecule has 0 radical (unpaired) electrons. The van der Waals surface area contributed by atoms with Crippen molar-refractivity contribution in [2.75, 3.05) is 6.54 Å². The van der Waals surface area contributed by atoms with Gasteiger partial charge in [0, 0.05) is 4.88 Å². The van der Waals surface area contributed by atoms with Gasteiger partial charge in [0.1, 0.15) is 5.60 Å². The first kappa shape index (κ1) is 13.5. The van der Waals surface area contributed by atoms with E-state index in [2.05, 4.69) is 5.32 Å². The Labute approximate surface area is 111 Å². The van der Waals surface area contributed by atoms with Gasteiger partial charge in [0.05, 0.1) is 18.6 Å². The lowest BCUT2D eigenvalue weighted by atomic mass is 10.0. The molecule has 3 unspecified atom stereocenters. The third-order valence-corrected chi connectivity index (χ3v) is 4.60. The van der Waals surface area contributed by atoms with Crippen LogP contribution in [0.2, 0.25) is 0 Å². The van der Waals surface area contributed by atoms with Crippen LogP contribution in [-0.2, 0) is 10.4 Å². The monoisotopic (exact) mass is 269 g/mol. The summed E-state index contributed by atoms with van der Waals surface area (Å²) in [4.78, 5) is 12.7. The standard InChI is InChI=1S/C13H19NO3S/c1-13(17,11-6-3-7-18-11)8-14-12(16)9-4-2-5-10(9)15/h3,6-7,9-10,15,17H,2,4-5,8H2,1H3,(H,14,16). The maximum atomic E-state index is 11.9. The highest BCUT2D eigenvalue weighted by molar-refractivity contribution is 7.10. The van der Waals surface area contributed by atoms with E-state index in [1.54, 1.807) is 6.92 Å². The van der Waals surface area contributed by atoms with Crippen molar-refractivity contribution in [3.05, 3.63) is 22.4 Å². The second kappa shape index (κ2) is 5.38. The van der Waals surface area contributed by atoms with E-state index in [0.717, 1.165) is 17.7 Å². The molecule has 1 fully saturated rings. The Balaban J connectivity index is 1.89. The van der Waals surface area contributed by atoms with E-state index in [0.29, 0.717) is 6.42 Å². The van der Waals surface area contributed by atoms with Crippen molar-refractivity contribution in [3.8, 4) is 0 Å². The minimum absolute atomic E-state index is 0.156. The Morgan fingerprint density at radius 2 is 2.39 bits per heavy atom. The quantitative estimate of drug-likeness (QED) is 0.770. The summed E-state index contributed by atoms with van der Waals surface area (Å²) in [5.74, 6) is -0.471. The molecule has 1 saturated carbocycles. The molecular formula is C13H19NO3S. The number of amides is 1. The Bertz CT molecular complexity index is 402. The second-order valence-electron chi connectivity index (χ2n) is 5.07. The molecule has 4 nitrogen and oxygen atoms in total. The van der Waals surface area contributed by atoms with Crippen LogP contribution in [-0.4, -0.2) is 28.8 Å². The summed E-state index contributed by atoms with van der Waals surface area (Å²) in [6, 6.07) is 3.72. The molecular weight excluding hydrogens is 250 g/mol. The number of aliphatic hydroxyl groups is 2. The molecule has 100 valence electrons. The van der Waals surface area contributed by atoms with Gasteiger partial charge in [0.15, 0.2) is 0 Å². The third-order valence-electron chi connectivity index (χ3n) is 3.48. The van der Waals surface area contributed by atoms with E-state index >= 15 is 0 Å². The Kier molecular flexibility index (Phi) is 4.04. The maximum absolute atomic E-state index is 11.9. The Hall–Kier alpha value is -0.910. The van der Waals surface area contributed by atoms with Crippen molar-refractivity contribution in [2.24, 2.45) is 5.92 Å². The van der Waals surface area contributed by atoms with E-state index < -0.39 is 11.7 Å². The smallest absolute Gasteiger partial charge is 0.225 e. The second-order valence-corrected chi connectivity index (χ2v) is 6.02. The number of rotatable bonds is 4. The minimum Gasteiger partial charge on any atom is -0.392 e. The number of nitrogens with one attached hydrogen (secondary N) is 1. The van der Waals surface area contributed by atoms with Crippen molar-refractivity contribution < 1.29 is 15.0 Å². The zero-order valence-corrected chi connectivity index (χ0v) is 11.2. The van der Waals surface area contributed by atoms with Gasteiger partial charge in [-0.3, -0.25) is 4.79 Å². The van der Waals surface area contributed by atoms with Crippen LogP contribution in [0.3, 0.4) is 0 Å². The predicted molar refractivity (Wildman–Crippen MR) is 70.2 cm³/mol. The fourth-order valence-corrected chi connectivity index (χ4v) is 3.10. The molecule has 0 bridgehead atoms. The van der Waals surface area contributed by atoms with Gasteiger partial charge >= 0.3 is 0 Å². The van der Waals surface area contributed by atoms with Gasteiger partial charge < -0.3 is 15.5 Å². The van der Waals surface area contributed by atoms with E-state index in [9.17, 15) is 15.0 Å². The molecule has 0 spiro atoms. The highest BCUT2D eigenvalue weighted by Crippen LogP contribution is 2.27. The maximum Gasteiger partial charge on any atom is 0.225 e. The molecule has 1 amide bonds. The molecule has 0 aliphatic heterocycles. The first-order chi connectivity index (χ1) is 8.50. The van der Waals surface area contributed by atoms with Crippen LogP contribution in [0.1, 0.15) is 31.1 Å². The SMILES string of the molecule is CC(O)(CNC(=O)C1CCCC1O)c1cccs1. The first-order valence-electron chi connectivity index (χ1n) is 6.23. The highest BCUT2D eigenvalue weighted by atomic mass is 32.1. The lowest BCUT2D eigenvalue weighted by molar-refractivity contribution is -0.128. The lowest BCUT2D eigenvalue weighted by Gasteiger charge is -2.24. The summed E-state index contributed by atoms with van der Waals surface area (Å²) in [6.45, 7) is 1.86. The van der Waals surface area contributed by atoms with Gasteiger partial charge in [0.25, 0.3) is 0 Å². The normalized spacial score (nSPS) is 26.8. The van der Waals surface area contributed by atoms with Gasteiger partial charge in [-0.05, 0) is 37.6 Å². The Morgan fingerprint density at radius 1 is 1.61 bits per heavy atom. The highest BCUT2D eigenvalue weighted by Gasteiger charge is 2.33. The van der Waals surface area contributed by atoms with Gasteiger partial charge in [-0.15, -0.1) is 11.3 Å². The molecule has 0 saturated heterocycles.